The fourth-order valence-corrected chi connectivity index (χ4v) is 1.38. The Morgan fingerprint density at radius 1 is 1.43 bits per heavy atom. The van der Waals surface area contributed by atoms with Crippen molar-refractivity contribution in [3.63, 3.8) is 0 Å². The number of phenols is 1. The molecule has 0 aliphatic carbocycles. The van der Waals surface area contributed by atoms with Gasteiger partial charge in [0.2, 0.25) is 0 Å². The Bertz CT molecular complexity index is 336. The first kappa shape index (κ1) is 10.9. The van der Waals surface area contributed by atoms with E-state index in [0.717, 1.165) is 0 Å². The van der Waals surface area contributed by atoms with Gasteiger partial charge < -0.3 is 10.2 Å². The predicted molar refractivity (Wildman–Crippen MR) is 53.7 cm³/mol. The number of phenolic OH excluding ortho intramolecular Hbond substituents is 1. The van der Waals surface area contributed by atoms with Crippen molar-refractivity contribution in [1.29, 1.82) is 0 Å². The molecule has 0 aliphatic heterocycles. The molecular weight excluding hydrogens is 204 g/mol. The van der Waals surface area contributed by atoms with Gasteiger partial charge in [-0.15, -0.1) is 0 Å². The first-order valence-corrected chi connectivity index (χ1v) is 4.66. The molecule has 4 heteroatoms. The van der Waals surface area contributed by atoms with Crippen molar-refractivity contribution in [3.8, 4) is 5.75 Å². The van der Waals surface area contributed by atoms with Crippen LogP contribution < -0.4 is 0 Å². The average Bonchev–Trinajstić information content (AvgIpc) is 2.10. The Labute approximate surface area is 86.9 Å². The van der Waals surface area contributed by atoms with E-state index in [4.69, 9.17) is 16.7 Å². The van der Waals surface area contributed by atoms with Gasteiger partial charge >= 0.3 is 5.97 Å². The number of aryl methyl sites for hydroxylation is 1. The summed E-state index contributed by atoms with van der Waals surface area (Å²) in [6.45, 7) is 0. The molecule has 76 valence electrons. The van der Waals surface area contributed by atoms with Crippen LogP contribution in [0.3, 0.4) is 0 Å². The molecule has 0 atom stereocenters. The molecule has 1 aromatic carbocycles. The van der Waals surface area contributed by atoms with Gasteiger partial charge in [0.05, 0.1) is 0 Å². The number of hydrogen-bond acceptors (Lipinski definition) is 2. The van der Waals surface area contributed by atoms with Gasteiger partial charge in [0.1, 0.15) is 5.75 Å². The highest BCUT2D eigenvalue weighted by atomic mass is 35.5. The van der Waals surface area contributed by atoms with Crippen LogP contribution in [0.2, 0.25) is 5.02 Å². The molecule has 0 saturated heterocycles. The van der Waals surface area contributed by atoms with Gasteiger partial charge in [-0.1, -0.05) is 11.6 Å². The molecule has 0 aromatic heterocycles. The third kappa shape index (κ3) is 3.26. The first-order chi connectivity index (χ1) is 6.59. The van der Waals surface area contributed by atoms with Crippen LogP contribution in [-0.2, 0) is 11.2 Å². The molecule has 0 saturated carbocycles. The zero-order chi connectivity index (χ0) is 10.6. The van der Waals surface area contributed by atoms with Crippen LogP contribution in [0.1, 0.15) is 18.4 Å². The molecule has 0 fully saturated rings. The molecule has 0 heterocycles. The number of halogens is 1. The molecule has 14 heavy (non-hydrogen) atoms. The van der Waals surface area contributed by atoms with E-state index in [-0.39, 0.29) is 12.2 Å². The topological polar surface area (TPSA) is 57.5 Å². The third-order valence-corrected chi connectivity index (χ3v) is 2.11. The second-order valence-electron chi connectivity index (χ2n) is 3.02. The van der Waals surface area contributed by atoms with Crippen molar-refractivity contribution >= 4 is 17.6 Å². The summed E-state index contributed by atoms with van der Waals surface area (Å²) in [4.78, 5) is 10.3. The van der Waals surface area contributed by atoms with Gasteiger partial charge in [-0.2, -0.15) is 0 Å². The summed E-state index contributed by atoms with van der Waals surface area (Å²) >= 11 is 5.73. The summed E-state index contributed by atoms with van der Waals surface area (Å²) in [7, 11) is 0. The third-order valence-electron chi connectivity index (χ3n) is 1.88. The van der Waals surface area contributed by atoms with E-state index in [1.807, 2.05) is 0 Å². The zero-order valence-corrected chi connectivity index (χ0v) is 8.29. The standard InChI is InChI=1S/C10H11ClO3/c11-8-4-5-9(12)7(6-8)2-1-3-10(13)14/h4-6,12H,1-3H2,(H,13,14). The largest absolute Gasteiger partial charge is 0.508 e. The summed E-state index contributed by atoms with van der Waals surface area (Å²) < 4.78 is 0. The number of aromatic hydroxyl groups is 1. The van der Waals surface area contributed by atoms with Crippen molar-refractivity contribution in [3.05, 3.63) is 28.8 Å². The Morgan fingerprint density at radius 2 is 2.14 bits per heavy atom. The fourth-order valence-electron chi connectivity index (χ4n) is 1.18. The van der Waals surface area contributed by atoms with Gasteiger partial charge in [-0.25, -0.2) is 0 Å². The Balaban J connectivity index is 2.57. The van der Waals surface area contributed by atoms with E-state index in [9.17, 15) is 9.90 Å². The van der Waals surface area contributed by atoms with Crippen LogP contribution >= 0.6 is 11.6 Å². The summed E-state index contributed by atoms with van der Waals surface area (Å²) in [6, 6.07) is 4.76. The normalized spacial score (nSPS) is 10.1. The fraction of sp³-hybridized carbons (Fsp3) is 0.300. The maximum atomic E-state index is 10.3. The van der Waals surface area contributed by atoms with Gasteiger partial charge in [-0.3, -0.25) is 4.79 Å². The molecule has 3 nitrogen and oxygen atoms in total. The number of carbonyl (C=O) groups is 1. The minimum atomic E-state index is -0.827. The SMILES string of the molecule is O=C(O)CCCc1cc(Cl)ccc1O. The summed E-state index contributed by atoms with van der Waals surface area (Å²) in [6.07, 6.45) is 1.13. The molecule has 0 bridgehead atoms. The van der Waals surface area contributed by atoms with Crippen LogP contribution in [0, 0.1) is 0 Å². The van der Waals surface area contributed by atoms with E-state index in [2.05, 4.69) is 0 Å². The van der Waals surface area contributed by atoms with E-state index in [0.29, 0.717) is 23.4 Å². The Morgan fingerprint density at radius 3 is 2.79 bits per heavy atom. The second-order valence-corrected chi connectivity index (χ2v) is 3.46. The summed E-state index contributed by atoms with van der Waals surface area (Å²) in [5, 5.41) is 18.4. The molecule has 0 unspecified atom stereocenters. The summed E-state index contributed by atoms with van der Waals surface area (Å²) in [5.74, 6) is -0.661. The van der Waals surface area contributed by atoms with Crippen molar-refractivity contribution in [1.82, 2.24) is 0 Å². The van der Waals surface area contributed by atoms with Crippen molar-refractivity contribution in [2.24, 2.45) is 0 Å². The lowest BCUT2D eigenvalue weighted by Gasteiger charge is -2.03. The van der Waals surface area contributed by atoms with E-state index >= 15 is 0 Å². The van der Waals surface area contributed by atoms with Crippen molar-refractivity contribution < 1.29 is 15.0 Å². The number of carboxylic acids is 1. The molecule has 1 aromatic rings. The molecule has 0 aliphatic rings. The number of benzene rings is 1. The molecule has 2 N–H and O–H groups in total. The van der Waals surface area contributed by atoms with E-state index in [1.165, 1.54) is 6.07 Å². The highest BCUT2D eigenvalue weighted by Crippen LogP contribution is 2.22. The highest BCUT2D eigenvalue weighted by Gasteiger charge is 2.03. The van der Waals surface area contributed by atoms with Gasteiger partial charge in [0.25, 0.3) is 0 Å². The number of rotatable bonds is 4. The van der Waals surface area contributed by atoms with Crippen LogP contribution in [0.15, 0.2) is 18.2 Å². The Kier molecular flexibility index (Phi) is 3.77. The highest BCUT2D eigenvalue weighted by molar-refractivity contribution is 6.30. The molecule has 0 amide bonds. The lowest BCUT2D eigenvalue weighted by molar-refractivity contribution is -0.137. The zero-order valence-electron chi connectivity index (χ0n) is 7.53. The van der Waals surface area contributed by atoms with Crippen LogP contribution in [0.5, 0.6) is 5.75 Å². The van der Waals surface area contributed by atoms with E-state index < -0.39 is 5.97 Å². The predicted octanol–water partition coefficient (Wildman–Crippen LogP) is 2.45. The summed E-state index contributed by atoms with van der Waals surface area (Å²) in [5.41, 5.74) is 0.693. The maximum Gasteiger partial charge on any atom is 0.303 e. The number of hydrogen-bond donors (Lipinski definition) is 2. The van der Waals surface area contributed by atoms with Crippen LogP contribution in [0.25, 0.3) is 0 Å². The molecule has 0 radical (unpaired) electrons. The maximum absolute atomic E-state index is 10.3. The smallest absolute Gasteiger partial charge is 0.303 e. The number of aliphatic carboxylic acids is 1. The quantitative estimate of drug-likeness (QED) is 0.810. The van der Waals surface area contributed by atoms with Crippen molar-refractivity contribution in [2.45, 2.75) is 19.3 Å². The Hall–Kier alpha value is -1.22. The first-order valence-electron chi connectivity index (χ1n) is 4.29. The average molecular weight is 215 g/mol. The second kappa shape index (κ2) is 4.86. The van der Waals surface area contributed by atoms with Crippen molar-refractivity contribution in [2.75, 3.05) is 0 Å². The van der Waals surface area contributed by atoms with Crippen LogP contribution in [-0.4, -0.2) is 16.2 Å². The minimum absolute atomic E-state index is 0.103. The lowest BCUT2D eigenvalue weighted by Crippen LogP contribution is -1.96. The minimum Gasteiger partial charge on any atom is -0.508 e. The molecular formula is C10H11ClO3. The molecule has 0 spiro atoms. The van der Waals surface area contributed by atoms with Gasteiger partial charge in [0.15, 0.2) is 0 Å². The monoisotopic (exact) mass is 214 g/mol. The molecule has 1 rings (SSSR count). The van der Waals surface area contributed by atoms with Crippen LogP contribution in [0.4, 0.5) is 0 Å². The van der Waals surface area contributed by atoms with Gasteiger partial charge in [0, 0.05) is 11.4 Å². The van der Waals surface area contributed by atoms with E-state index in [1.54, 1.807) is 12.1 Å². The lowest BCUT2D eigenvalue weighted by atomic mass is 10.1. The van der Waals surface area contributed by atoms with Gasteiger partial charge in [-0.05, 0) is 36.6 Å². The number of carboxylic acid groups (broad SMARTS) is 1.